The van der Waals surface area contributed by atoms with E-state index in [0.717, 1.165) is 61.2 Å². The predicted octanol–water partition coefficient (Wildman–Crippen LogP) is 13.2. The molecular formula is C47H30N2O. The highest BCUT2D eigenvalue weighted by atomic mass is 16.3. The second kappa shape index (κ2) is 11.5. The molecule has 2 heterocycles. The van der Waals surface area contributed by atoms with Gasteiger partial charge in [-0.3, -0.25) is 0 Å². The first-order valence-corrected chi connectivity index (χ1v) is 17.0. The molecule has 0 radical (unpaired) electrons. The van der Waals surface area contributed by atoms with Crippen LogP contribution in [0.4, 0.5) is 17.1 Å². The molecule has 10 aromatic rings. The maximum Gasteiger partial charge on any atom is 0.161 e. The molecule has 3 nitrogen and oxygen atoms in total. The highest BCUT2D eigenvalue weighted by Gasteiger charge is 2.23. The highest BCUT2D eigenvalue weighted by molar-refractivity contribution is 6.11. The van der Waals surface area contributed by atoms with Crippen molar-refractivity contribution in [2.75, 3.05) is 4.90 Å². The largest absolute Gasteiger partial charge is 0.452 e. The van der Waals surface area contributed by atoms with Gasteiger partial charge in [-0.1, -0.05) is 133 Å². The van der Waals surface area contributed by atoms with Gasteiger partial charge in [0, 0.05) is 22.0 Å². The number of anilines is 3. The topological polar surface area (TPSA) is 29.3 Å². The Hall–Kier alpha value is -6.71. The van der Waals surface area contributed by atoms with Gasteiger partial charge in [-0.2, -0.15) is 0 Å². The Morgan fingerprint density at radius 1 is 0.420 bits per heavy atom. The molecule has 2 aromatic heterocycles. The minimum Gasteiger partial charge on any atom is -0.452 e. The van der Waals surface area contributed by atoms with Crippen molar-refractivity contribution in [3.8, 4) is 22.3 Å². The zero-order valence-electron chi connectivity index (χ0n) is 27.1. The molecule has 0 spiro atoms. The van der Waals surface area contributed by atoms with Gasteiger partial charge in [-0.25, -0.2) is 4.98 Å². The van der Waals surface area contributed by atoms with Crippen molar-refractivity contribution in [1.29, 1.82) is 0 Å². The van der Waals surface area contributed by atoms with Crippen LogP contribution in [0, 0.1) is 0 Å². The number of pyridine rings is 1. The zero-order chi connectivity index (χ0) is 33.0. The fraction of sp³-hybridized carbons (Fsp3) is 0. The van der Waals surface area contributed by atoms with E-state index in [9.17, 15) is 0 Å². The van der Waals surface area contributed by atoms with E-state index in [1.54, 1.807) is 0 Å². The monoisotopic (exact) mass is 638 g/mol. The average molecular weight is 639 g/mol. The first-order valence-electron chi connectivity index (χ1n) is 17.0. The van der Waals surface area contributed by atoms with E-state index in [1.807, 2.05) is 12.1 Å². The van der Waals surface area contributed by atoms with Crippen molar-refractivity contribution in [1.82, 2.24) is 4.98 Å². The molecule has 3 heteroatoms. The molecule has 0 unspecified atom stereocenters. The van der Waals surface area contributed by atoms with Gasteiger partial charge < -0.3 is 9.32 Å². The maximum atomic E-state index is 6.76. The van der Waals surface area contributed by atoms with Crippen molar-refractivity contribution >= 4 is 71.6 Å². The van der Waals surface area contributed by atoms with Gasteiger partial charge in [0.15, 0.2) is 11.2 Å². The summed E-state index contributed by atoms with van der Waals surface area (Å²) in [7, 11) is 0. The van der Waals surface area contributed by atoms with Crippen LogP contribution in [0.5, 0.6) is 0 Å². The van der Waals surface area contributed by atoms with E-state index < -0.39 is 0 Å². The van der Waals surface area contributed by atoms with Crippen molar-refractivity contribution in [2.24, 2.45) is 0 Å². The summed E-state index contributed by atoms with van der Waals surface area (Å²) in [5.41, 5.74) is 11.1. The molecular weight excluding hydrogens is 609 g/mol. The van der Waals surface area contributed by atoms with Gasteiger partial charge in [-0.15, -0.1) is 0 Å². The third-order valence-electron chi connectivity index (χ3n) is 9.82. The Morgan fingerprint density at radius 3 is 1.96 bits per heavy atom. The van der Waals surface area contributed by atoms with E-state index in [0.29, 0.717) is 0 Å². The quantitative estimate of drug-likeness (QED) is 0.188. The molecule has 0 amide bonds. The zero-order valence-corrected chi connectivity index (χ0v) is 27.1. The molecule has 0 atom stereocenters. The van der Waals surface area contributed by atoms with Gasteiger partial charge in [-0.05, 0) is 86.8 Å². The van der Waals surface area contributed by atoms with Crippen LogP contribution < -0.4 is 4.90 Å². The molecule has 234 valence electrons. The normalized spacial score (nSPS) is 11.6. The fourth-order valence-corrected chi connectivity index (χ4v) is 7.42. The van der Waals surface area contributed by atoms with Gasteiger partial charge in [0.1, 0.15) is 5.52 Å². The minimum absolute atomic E-state index is 0.778. The second-order valence-electron chi connectivity index (χ2n) is 12.8. The second-order valence-corrected chi connectivity index (χ2v) is 12.8. The number of furan rings is 1. The van der Waals surface area contributed by atoms with Crippen LogP contribution >= 0.6 is 0 Å². The molecule has 50 heavy (non-hydrogen) atoms. The molecule has 10 rings (SSSR count). The Balaban J connectivity index is 1.20. The van der Waals surface area contributed by atoms with Crippen LogP contribution in [-0.2, 0) is 0 Å². The molecule has 0 fully saturated rings. The molecule has 0 saturated carbocycles. The SMILES string of the molecule is c1ccc(N(c2ccc(-c3cccc4ccccc34)cc2)c2cccc3c2oc2cc4ccccc4nc23)c(-c2ccc3ccccc3c2)c1. The van der Waals surface area contributed by atoms with E-state index in [4.69, 9.17) is 9.40 Å². The van der Waals surface area contributed by atoms with Crippen LogP contribution in [0.2, 0.25) is 0 Å². The van der Waals surface area contributed by atoms with Crippen LogP contribution in [0.25, 0.3) is 76.8 Å². The molecule has 0 N–H and O–H groups in total. The average Bonchev–Trinajstić information content (AvgIpc) is 3.55. The lowest BCUT2D eigenvalue weighted by Gasteiger charge is -2.28. The fourth-order valence-electron chi connectivity index (χ4n) is 7.42. The van der Waals surface area contributed by atoms with Crippen molar-refractivity contribution in [3.05, 3.63) is 182 Å². The first-order chi connectivity index (χ1) is 24.8. The standard InChI is InChI=1S/C47H30N2O/c1-2-13-34-29-35(24-23-31(34)11-1)40-17-6-8-21-43(40)49(37-27-25-33(26-28-37)39-18-9-15-32-12-3-5-16-38(32)39)44-22-10-19-41-46-45(50-47(41)44)30-36-14-4-7-20-42(36)48-46/h1-30H. The Bertz CT molecular complexity index is 2880. The van der Waals surface area contributed by atoms with Gasteiger partial charge in [0.25, 0.3) is 0 Å². The van der Waals surface area contributed by atoms with Crippen LogP contribution in [-0.4, -0.2) is 4.98 Å². The molecule has 0 aliphatic heterocycles. The summed E-state index contributed by atoms with van der Waals surface area (Å²) in [6.45, 7) is 0. The molecule has 0 aliphatic rings. The molecule has 0 saturated heterocycles. The summed E-state index contributed by atoms with van der Waals surface area (Å²) in [5, 5.41) is 6.96. The van der Waals surface area contributed by atoms with Crippen LogP contribution in [0.15, 0.2) is 186 Å². The third-order valence-corrected chi connectivity index (χ3v) is 9.82. The molecule has 8 aromatic carbocycles. The highest BCUT2D eigenvalue weighted by Crippen LogP contribution is 2.46. The number of hydrogen-bond donors (Lipinski definition) is 0. The number of hydrogen-bond acceptors (Lipinski definition) is 3. The predicted molar refractivity (Wildman–Crippen MR) is 210 cm³/mol. The Morgan fingerprint density at radius 2 is 1.06 bits per heavy atom. The van der Waals surface area contributed by atoms with E-state index in [-0.39, 0.29) is 0 Å². The van der Waals surface area contributed by atoms with Gasteiger partial charge in [0.2, 0.25) is 0 Å². The smallest absolute Gasteiger partial charge is 0.161 e. The summed E-state index contributed by atoms with van der Waals surface area (Å²) in [6, 6.07) is 64.6. The number of para-hydroxylation sites is 3. The maximum absolute atomic E-state index is 6.76. The van der Waals surface area contributed by atoms with Crippen molar-refractivity contribution < 1.29 is 4.42 Å². The van der Waals surface area contributed by atoms with Crippen molar-refractivity contribution in [3.63, 3.8) is 0 Å². The Labute approximate surface area is 289 Å². The number of aromatic nitrogens is 1. The summed E-state index contributed by atoms with van der Waals surface area (Å²) in [4.78, 5) is 7.40. The van der Waals surface area contributed by atoms with Crippen molar-refractivity contribution in [2.45, 2.75) is 0 Å². The lowest BCUT2D eigenvalue weighted by atomic mass is 9.97. The Kier molecular flexibility index (Phi) is 6.49. The van der Waals surface area contributed by atoms with E-state index in [2.05, 4.69) is 175 Å². The van der Waals surface area contributed by atoms with E-state index >= 15 is 0 Å². The lowest BCUT2D eigenvalue weighted by molar-refractivity contribution is 0.669. The third kappa shape index (κ3) is 4.63. The number of fused-ring (bicyclic) bond motifs is 6. The summed E-state index contributed by atoms with van der Waals surface area (Å²) in [5.74, 6) is 0. The van der Waals surface area contributed by atoms with Crippen LogP contribution in [0.1, 0.15) is 0 Å². The number of benzene rings is 8. The summed E-state index contributed by atoms with van der Waals surface area (Å²) >= 11 is 0. The number of nitrogens with zero attached hydrogens (tertiary/aromatic N) is 2. The van der Waals surface area contributed by atoms with E-state index in [1.165, 1.54) is 32.7 Å². The molecule has 0 aliphatic carbocycles. The first kappa shape index (κ1) is 28.3. The molecule has 0 bridgehead atoms. The summed E-state index contributed by atoms with van der Waals surface area (Å²) < 4.78 is 6.76. The number of rotatable bonds is 5. The summed E-state index contributed by atoms with van der Waals surface area (Å²) in [6.07, 6.45) is 0. The van der Waals surface area contributed by atoms with Gasteiger partial charge in [0.05, 0.1) is 16.9 Å². The minimum atomic E-state index is 0.778. The van der Waals surface area contributed by atoms with Crippen LogP contribution in [0.3, 0.4) is 0 Å². The van der Waals surface area contributed by atoms with Gasteiger partial charge >= 0.3 is 0 Å². The lowest BCUT2D eigenvalue weighted by Crippen LogP contribution is -2.11.